The van der Waals surface area contributed by atoms with Crippen LogP contribution in [0.4, 0.5) is 9.18 Å². The van der Waals surface area contributed by atoms with Gasteiger partial charge in [-0.2, -0.15) is 0 Å². The van der Waals surface area contributed by atoms with Gasteiger partial charge in [0, 0.05) is 26.2 Å². The summed E-state index contributed by atoms with van der Waals surface area (Å²) in [6.45, 7) is 5.73. The Morgan fingerprint density at radius 3 is 2.21 bits per heavy atom. The summed E-state index contributed by atoms with van der Waals surface area (Å²) in [6.07, 6.45) is -0.460. The van der Waals surface area contributed by atoms with Crippen molar-refractivity contribution in [1.29, 1.82) is 0 Å². The third kappa shape index (κ3) is 4.59. The molecule has 6 nitrogen and oxygen atoms in total. The average Bonchev–Trinajstić information content (AvgIpc) is 2.61. The number of hydrogen-bond acceptors (Lipinski definition) is 4. The summed E-state index contributed by atoms with van der Waals surface area (Å²) in [7, 11) is 0. The van der Waals surface area contributed by atoms with E-state index >= 15 is 0 Å². The van der Waals surface area contributed by atoms with E-state index in [0.29, 0.717) is 45.0 Å². The first-order valence-electron chi connectivity index (χ1n) is 8.17. The molecule has 1 aliphatic rings. The fraction of sp³-hybridized carbons (Fsp3) is 0.529. The van der Waals surface area contributed by atoms with E-state index in [4.69, 9.17) is 9.47 Å². The molecule has 0 radical (unpaired) electrons. The molecule has 0 aromatic heterocycles. The lowest BCUT2D eigenvalue weighted by Gasteiger charge is -2.35. The van der Waals surface area contributed by atoms with Gasteiger partial charge in [-0.15, -0.1) is 0 Å². The highest BCUT2D eigenvalue weighted by Gasteiger charge is 2.29. The summed E-state index contributed by atoms with van der Waals surface area (Å²) >= 11 is 0. The van der Waals surface area contributed by atoms with E-state index in [1.807, 2.05) is 6.92 Å². The van der Waals surface area contributed by atoms with E-state index in [2.05, 4.69) is 0 Å². The molecule has 0 spiro atoms. The first-order chi connectivity index (χ1) is 11.5. The summed E-state index contributed by atoms with van der Waals surface area (Å²) in [5.74, 6) is -0.0103. The topological polar surface area (TPSA) is 59.1 Å². The summed E-state index contributed by atoms with van der Waals surface area (Å²) in [5, 5.41) is 0. The fourth-order valence-electron chi connectivity index (χ4n) is 2.51. The lowest BCUT2D eigenvalue weighted by atomic mass is 10.2. The lowest BCUT2D eigenvalue weighted by molar-refractivity contribution is -0.140. The number of amides is 2. The predicted molar refractivity (Wildman–Crippen MR) is 86.3 cm³/mol. The van der Waals surface area contributed by atoms with E-state index < -0.39 is 6.10 Å². The number of rotatable bonds is 5. The Kier molecular flexibility index (Phi) is 6.40. The minimum absolute atomic E-state index is 0.120. The van der Waals surface area contributed by atoms with Crippen molar-refractivity contribution in [2.75, 3.05) is 32.8 Å². The summed E-state index contributed by atoms with van der Waals surface area (Å²) in [5.41, 5.74) is 0. The van der Waals surface area contributed by atoms with Crippen molar-refractivity contribution in [1.82, 2.24) is 9.80 Å². The standard InChI is InChI=1S/C17H23FN2O4/c1-3-15(24-14-7-5-13(18)6-8-14)16(21)19-9-11-20(12-10-19)17(22)23-4-2/h5-8,15H,3-4,9-12H2,1-2H3. The van der Waals surface area contributed by atoms with Gasteiger partial charge in [-0.25, -0.2) is 9.18 Å². The molecule has 2 amide bonds. The third-order valence-corrected chi connectivity index (χ3v) is 3.86. The molecule has 0 aliphatic carbocycles. The van der Waals surface area contributed by atoms with Crippen molar-refractivity contribution >= 4 is 12.0 Å². The Bertz CT molecular complexity index is 556. The quantitative estimate of drug-likeness (QED) is 0.826. The number of hydrogen-bond donors (Lipinski definition) is 0. The van der Waals surface area contributed by atoms with E-state index in [0.717, 1.165) is 0 Å². The second kappa shape index (κ2) is 8.52. The van der Waals surface area contributed by atoms with Crippen LogP contribution in [0.2, 0.25) is 0 Å². The molecule has 2 rings (SSSR count). The predicted octanol–water partition coefficient (Wildman–Crippen LogP) is 2.28. The molecule has 1 fully saturated rings. The second-order valence-corrected chi connectivity index (χ2v) is 5.48. The molecule has 1 saturated heterocycles. The smallest absolute Gasteiger partial charge is 0.409 e. The van der Waals surface area contributed by atoms with Crippen LogP contribution in [0.15, 0.2) is 24.3 Å². The molecule has 1 atom stereocenters. The van der Waals surface area contributed by atoms with Crippen molar-refractivity contribution in [3.8, 4) is 5.75 Å². The average molecular weight is 338 g/mol. The van der Waals surface area contributed by atoms with E-state index in [1.165, 1.54) is 24.3 Å². The minimum Gasteiger partial charge on any atom is -0.481 e. The molecular weight excluding hydrogens is 315 g/mol. The van der Waals surface area contributed by atoms with Crippen molar-refractivity contribution in [2.45, 2.75) is 26.4 Å². The normalized spacial score (nSPS) is 15.8. The lowest BCUT2D eigenvalue weighted by Crippen LogP contribution is -2.53. The molecule has 0 bridgehead atoms. The SMILES string of the molecule is CCOC(=O)N1CCN(C(=O)C(CC)Oc2ccc(F)cc2)CC1. The van der Waals surface area contributed by atoms with Crippen LogP contribution < -0.4 is 4.74 Å². The van der Waals surface area contributed by atoms with Gasteiger partial charge in [0.2, 0.25) is 0 Å². The molecule has 1 aliphatic heterocycles. The minimum atomic E-state index is -0.621. The molecule has 1 heterocycles. The largest absolute Gasteiger partial charge is 0.481 e. The number of nitrogens with zero attached hydrogens (tertiary/aromatic N) is 2. The highest BCUT2D eigenvalue weighted by Crippen LogP contribution is 2.16. The van der Waals surface area contributed by atoms with Crippen molar-refractivity contribution in [3.05, 3.63) is 30.1 Å². The maximum atomic E-state index is 12.9. The number of halogens is 1. The fourth-order valence-corrected chi connectivity index (χ4v) is 2.51. The van der Waals surface area contributed by atoms with Crippen LogP contribution >= 0.6 is 0 Å². The molecular formula is C17H23FN2O4. The van der Waals surface area contributed by atoms with Gasteiger partial charge in [-0.1, -0.05) is 6.92 Å². The monoisotopic (exact) mass is 338 g/mol. The Balaban J connectivity index is 1.90. The van der Waals surface area contributed by atoms with Crippen LogP contribution in [0.1, 0.15) is 20.3 Å². The van der Waals surface area contributed by atoms with Crippen molar-refractivity contribution < 1.29 is 23.5 Å². The summed E-state index contributed by atoms with van der Waals surface area (Å²) in [4.78, 5) is 27.6. The van der Waals surface area contributed by atoms with Crippen molar-refractivity contribution in [2.24, 2.45) is 0 Å². The molecule has 0 saturated carbocycles. The first kappa shape index (κ1) is 18.0. The van der Waals surface area contributed by atoms with Gasteiger partial charge in [0.15, 0.2) is 6.10 Å². The van der Waals surface area contributed by atoms with Gasteiger partial charge in [0.05, 0.1) is 6.61 Å². The molecule has 24 heavy (non-hydrogen) atoms. The van der Waals surface area contributed by atoms with Crippen LogP contribution in [0, 0.1) is 5.82 Å². The molecule has 1 unspecified atom stereocenters. The third-order valence-electron chi connectivity index (χ3n) is 3.86. The zero-order valence-corrected chi connectivity index (χ0v) is 14.0. The van der Waals surface area contributed by atoms with Gasteiger partial charge >= 0.3 is 6.09 Å². The van der Waals surface area contributed by atoms with Gasteiger partial charge in [0.25, 0.3) is 5.91 Å². The Morgan fingerprint density at radius 2 is 1.67 bits per heavy atom. The van der Waals surface area contributed by atoms with Gasteiger partial charge in [0.1, 0.15) is 11.6 Å². The van der Waals surface area contributed by atoms with E-state index in [9.17, 15) is 14.0 Å². The van der Waals surface area contributed by atoms with Gasteiger partial charge in [-0.3, -0.25) is 4.79 Å². The Hall–Kier alpha value is -2.31. The Morgan fingerprint density at radius 1 is 1.08 bits per heavy atom. The molecule has 1 aromatic carbocycles. The van der Waals surface area contributed by atoms with Crippen molar-refractivity contribution in [3.63, 3.8) is 0 Å². The zero-order valence-electron chi connectivity index (χ0n) is 14.0. The molecule has 1 aromatic rings. The molecule has 0 N–H and O–H groups in total. The van der Waals surface area contributed by atoms with Crippen LogP contribution in [0.3, 0.4) is 0 Å². The first-order valence-corrected chi connectivity index (χ1v) is 8.17. The number of ether oxygens (including phenoxy) is 2. The molecule has 132 valence electrons. The summed E-state index contributed by atoms with van der Waals surface area (Å²) in [6, 6.07) is 5.60. The van der Waals surface area contributed by atoms with Crippen LogP contribution in [0.5, 0.6) is 5.75 Å². The van der Waals surface area contributed by atoms with E-state index in [-0.39, 0.29) is 17.8 Å². The highest BCUT2D eigenvalue weighted by atomic mass is 19.1. The van der Waals surface area contributed by atoms with Crippen LogP contribution in [-0.2, 0) is 9.53 Å². The highest BCUT2D eigenvalue weighted by molar-refractivity contribution is 5.81. The molecule has 7 heteroatoms. The van der Waals surface area contributed by atoms with Gasteiger partial charge < -0.3 is 19.3 Å². The number of benzene rings is 1. The van der Waals surface area contributed by atoms with Crippen LogP contribution in [0.25, 0.3) is 0 Å². The van der Waals surface area contributed by atoms with Crippen LogP contribution in [-0.4, -0.2) is 60.7 Å². The maximum absolute atomic E-state index is 12.9. The van der Waals surface area contributed by atoms with E-state index in [1.54, 1.807) is 16.7 Å². The van der Waals surface area contributed by atoms with Gasteiger partial charge in [-0.05, 0) is 37.6 Å². The Labute approximate surface area is 141 Å². The zero-order chi connectivity index (χ0) is 17.5. The summed E-state index contributed by atoms with van der Waals surface area (Å²) < 4.78 is 23.6. The second-order valence-electron chi connectivity index (χ2n) is 5.48. The number of carbonyl (C=O) groups is 2. The number of piperazine rings is 1. The number of carbonyl (C=O) groups excluding carboxylic acids is 2. The maximum Gasteiger partial charge on any atom is 0.409 e.